The Kier molecular flexibility index (Phi) is 4.41. The molecule has 2 aromatic rings. The summed E-state index contributed by atoms with van der Waals surface area (Å²) in [5, 5.41) is 3.22. The predicted octanol–water partition coefficient (Wildman–Crippen LogP) is 1.42. The largest absolute Gasteiger partial charge is 0.378 e. The fraction of sp³-hybridized carbons (Fsp3) is 0.308. The highest BCUT2D eigenvalue weighted by Crippen LogP contribution is 2.14. The number of rotatable bonds is 6. The predicted molar refractivity (Wildman–Crippen MR) is 77.9 cm³/mol. The summed E-state index contributed by atoms with van der Waals surface area (Å²) < 4.78 is 27.5. The number of aromatic nitrogens is 2. The summed E-state index contributed by atoms with van der Waals surface area (Å²) in [5.41, 5.74) is 0.853. The lowest BCUT2D eigenvalue weighted by atomic mass is 10.3. The number of nitrogens with one attached hydrogen (secondary N) is 2. The van der Waals surface area contributed by atoms with Gasteiger partial charge in [-0.2, -0.15) is 0 Å². The van der Waals surface area contributed by atoms with E-state index in [4.69, 9.17) is 0 Å². The van der Waals surface area contributed by atoms with E-state index in [1.54, 1.807) is 30.5 Å². The molecule has 0 aliphatic carbocycles. The van der Waals surface area contributed by atoms with Gasteiger partial charge in [0.15, 0.2) is 0 Å². The van der Waals surface area contributed by atoms with Crippen LogP contribution in [0.5, 0.6) is 0 Å². The van der Waals surface area contributed by atoms with Gasteiger partial charge in [-0.25, -0.2) is 18.1 Å². The molecule has 1 aromatic carbocycles. The van der Waals surface area contributed by atoms with Gasteiger partial charge in [-0.3, -0.25) is 0 Å². The molecule has 1 heterocycles. The molecule has 2 N–H and O–H groups in total. The second-order valence-electron chi connectivity index (χ2n) is 4.21. The van der Waals surface area contributed by atoms with Crippen molar-refractivity contribution in [2.75, 3.05) is 12.4 Å². The van der Waals surface area contributed by atoms with Crippen LogP contribution in [0.1, 0.15) is 12.7 Å². The molecule has 0 fully saturated rings. The molecule has 0 saturated carbocycles. The second kappa shape index (κ2) is 6.06. The molecular weight excluding hydrogens is 276 g/mol. The zero-order chi connectivity index (χ0) is 14.6. The SMILES string of the molecule is CCn1ccnc1CNc1ccc(S(=O)(=O)NC)cc1. The number of aryl methyl sites for hydroxylation is 1. The van der Waals surface area contributed by atoms with Crippen molar-refractivity contribution in [3.63, 3.8) is 0 Å². The fourth-order valence-electron chi connectivity index (χ4n) is 1.85. The molecule has 0 radical (unpaired) electrons. The second-order valence-corrected chi connectivity index (χ2v) is 6.10. The summed E-state index contributed by atoms with van der Waals surface area (Å²) in [7, 11) is -1.98. The van der Waals surface area contributed by atoms with Gasteiger partial charge in [0.2, 0.25) is 10.0 Å². The minimum absolute atomic E-state index is 0.251. The van der Waals surface area contributed by atoms with E-state index < -0.39 is 10.0 Å². The molecule has 1 aromatic heterocycles. The molecule has 0 spiro atoms. The van der Waals surface area contributed by atoms with Crippen molar-refractivity contribution in [3.05, 3.63) is 42.5 Å². The molecule has 2 rings (SSSR count). The molecule has 0 saturated heterocycles. The van der Waals surface area contributed by atoms with Crippen molar-refractivity contribution in [1.29, 1.82) is 0 Å². The maximum absolute atomic E-state index is 11.6. The van der Waals surface area contributed by atoms with Crippen LogP contribution in [0.15, 0.2) is 41.6 Å². The van der Waals surface area contributed by atoms with Crippen molar-refractivity contribution in [3.8, 4) is 0 Å². The van der Waals surface area contributed by atoms with E-state index in [-0.39, 0.29) is 4.90 Å². The Balaban J connectivity index is 2.05. The van der Waals surface area contributed by atoms with Gasteiger partial charge in [-0.15, -0.1) is 0 Å². The molecule has 7 heteroatoms. The Morgan fingerprint density at radius 1 is 1.25 bits per heavy atom. The summed E-state index contributed by atoms with van der Waals surface area (Å²) >= 11 is 0. The topological polar surface area (TPSA) is 76.0 Å². The Morgan fingerprint density at radius 3 is 2.55 bits per heavy atom. The van der Waals surface area contributed by atoms with Crippen LogP contribution >= 0.6 is 0 Å². The van der Waals surface area contributed by atoms with Crippen molar-refractivity contribution in [2.45, 2.75) is 24.9 Å². The third-order valence-electron chi connectivity index (χ3n) is 3.03. The average molecular weight is 294 g/mol. The van der Waals surface area contributed by atoms with E-state index in [1.165, 1.54) is 7.05 Å². The number of nitrogens with zero attached hydrogens (tertiary/aromatic N) is 2. The number of anilines is 1. The number of imidazole rings is 1. The monoisotopic (exact) mass is 294 g/mol. The standard InChI is InChI=1S/C13H18N4O2S/c1-3-17-9-8-15-13(17)10-16-11-4-6-12(7-5-11)20(18,19)14-2/h4-9,14,16H,3,10H2,1-2H3. The maximum atomic E-state index is 11.6. The van der Waals surface area contributed by atoms with Gasteiger partial charge < -0.3 is 9.88 Å². The Bertz CT molecular complexity index is 662. The van der Waals surface area contributed by atoms with Crippen LogP contribution in [0.4, 0.5) is 5.69 Å². The number of hydrogen-bond donors (Lipinski definition) is 2. The minimum Gasteiger partial charge on any atom is -0.378 e. The molecule has 0 bridgehead atoms. The quantitative estimate of drug-likeness (QED) is 0.845. The molecule has 0 unspecified atom stereocenters. The van der Waals surface area contributed by atoms with E-state index in [0.717, 1.165) is 18.1 Å². The maximum Gasteiger partial charge on any atom is 0.240 e. The zero-order valence-corrected chi connectivity index (χ0v) is 12.3. The van der Waals surface area contributed by atoms with Crippen LogP contribution in [0.2, 0.25) is 0 Å². The van der Waals surface area contributed by atoms with Gasteiger partial charge in [0, 0.05) is 24.6 Å². The van der Waals surface area contributed by atoms with E-state index in [2.05, 4.69) is 21.9 Å². The van der Waals surface area contributed by atoms with Gasteiger partial charge in [0.1, 0.15) is 5.82 Å². The van der Waals surface area contributed by atoms with Crippen molar-refractivity contribution in [2.24, 2.45) is 0 Å². The van der Waals surface area contributed by atoms with Crippen LogP contribution in [-0.2, 0) is 23.1 Å². The third-order valence-corrected chi connectivity index (χ3v) is 4.46. The zero-order valence-electron chi connectivity index (χ0n) is 11.5. The van der Waals surface area contributed by atoms with Crippen molar-refractivity contribution < 1.29 is 8.42 Å². The average Bonchev–Trinajstić information content (AvgIpc) is 2.93. The highest BCUT2D eigenvalue weighted by atomic mass is 32.2. The molecule has 0 amide bonds. The third kappa shape index (κ3) is 3.17. The van der Waals surface area contributed by atoms with Crippen molar-refractivity contribution in [1.82, 2.24) is 14.3 Å². The lowest BCUT2D eigenvalue weighted by molar-refractivity contribution is 0.588. The highest BCUT2D eigenvalue weighted by molar-refractivity contribution is 7.89. The van der Waals surface area contributed by atoms with Crippen LogP contribution in [0, 0.1) is 0 Å². The molecule has 108 valence electrons. The molecule has 0 aliphatic heterocycles. The number of hydrogen-bond acceptors (Lipinski definition) is 4. The van der Waals surface area contributed by atoms with Crippen LogP contribution in [-0.4, -0.2) is 25.0 Å². The van der Waals surface area contributed by atoms with Crippen molar-refractivity contribution >= 4 is 15.7 Å². The highest BCUT2D eigenvalue weighted by Gasteiger charge is 2.10. The first kappa shape index (κ1) is 14.5. The molecule has 0 atom stereocenters. The Labute approximate surface area is 118 Å². The van der Waals surface area contributed by atoms with E-state index in [1.807, 2.05) is 10.8 Å². The molecule has 20 heavy (non-hydrogen) atoms. The first-order chi connectivity index (χ1) is 9.56. The van der Waals surface area contributed by atoms with E-state index >= 15 is 0 Å². The summed E-state index contributed by atoms with van der Waals surface area (Å²) in [4.78, 5) is 4.52. The lowest BCUT2D eigenvalue weighted by Crippen LogP contribution is -2.18. The summed E-state index contributed by atoms with van der Waals surface area (Å²) in [6.07, 6.45) is 3.70. The van der Waals surface area contributed by atoms with Crippen LogP contribution in [0.3, 0.4) is 0 Å². The minimum atomic E-state index is -3.38. The molecule has 0 aliphatic rings. The smallest absolute Gasteiger partial charge is 0.240 e. The van der Waals surface area contributed by atoms with E-state index in [9.17, 15) is 8.42 Å². The number of sulfonamides is 1. The lowest BCUT2D eigenvalue weighted by Gasteiger charge is -2.09. The van der Waals surface area contributed by atoms with Gasteiger partial charge in [0.05, 0.1) is 11.4 Å². The van der Waals surface area contributed by atoms with Gasteiger partial charge in [0.25, 0.3) is 0 Å². The Morgan fingerprint density at radius 2 is 1.95 bits per heavy atom. The summed E-state index contributed by atoms with van der Waals surface area (Å²) in [6.45, 7) is 3.53. The number of benzene rings is 1. The van der Waals surface area contributed by atoms with Gasteiger partial charge >= 0.3 is 0 Å². The molecule has 6 nitrogen and oxygen atoms in total. The Hall–Kier alpha value is -1.86. The summed E-state index contributed by atoms with van der Waals surface area (Å²) in [6, 6.07) is 6.62. The van der Waals surface area contributed by atoms with Crippen LogP contribution < -0.4 is 10.0 Å². The van der Waals surface area contributed by atoms with Gasteiger partial charge in [-0.1, -0.05) is 0 Å². The fourth-order valence-corrected chi connectivity index (χ4v) is 2.58. The molecular formula is C13H18N4O2S. The van der Waals surface area contributed by atoms with Crippen LogP contribution in [0.25, 0.3) is 0 Å². The first-order valence-corrected chi connectivity index (χ1v) is 7.82. The normalized spacial score (nSPS) is 11.5. The first-order valence-electron chi connectivity index (χ1n) is 6.34. The van der Waals surface area contributed by atoms with E-state index in [0.29, 0.717) is 6.54 Å². The van der Waals surface area contributed by atoms with Gasteiger partial charge in [-0.05, 0) is 38.2 Å². The summed E-state index contributed by atoms with van der Waals surface area (Å²) in [5.74, 6) is 0.944.